The number of likely N-dealkylation sites (tertiary alicyclic amines) is 1. The van der Waals surface area contributed by atoms with Crippen molar-refractivity contribution in [1.29, 1.82) is 0 Å². The second-order valence-corrected chi connectivity index (χ2v) is 9.40. The quantitative estimate of drug-likeness (QED) is 0.643. The largest absolute Gasteiger partial charge is 0.379 e. The van der Waals surface area contributed by atoms with Crippen molar-refractivity contribution in [3.63, 3.8) is 0 Å². The van der Waals surface area contributed by atoms with Gasteiger partial charge in [-0.05, 0) is 75.0 Å². The average molecular weight is 448 g/mol. The van der Waals surface area contributed by atoms with E-state index in [2.05, 4.69) is 47.2 Å². The molecule has 7 nitrogen and oxygen atoms in total. The Labute approximate surface area is 194 Å². The Morgan fingerprint density at radius 1 is 1.18 bits per heavy atom. The first-order valence-electron chi connectivity index (χ1n) is 12.1. The molecular formula is C26H33N5O2. The maximum Gasteiger partial charge on any atom is 0.264 e. The normalized spacial score (nSPS) is 19.9. The van der Waals surface area contributed by atoms with E-state index in [9.17, 15) is 4.79 Å². The first kappa shape index (κ1) is 22.0. The summed E-state index contributed by atoms with van der Waals surface area (Å²) in [5.74, 6) is 1.22. The molecule has 0 spiro atoms. The first-order chi connectivity index (χ1) is 16.0. The van der Waals surface area contributed by atoms with Crippen molar-refractivity contribution in [2.75, 3.05) is 38.2 Å². The highest BCUT2D eigenvalue weighted by Crippen LogP contribution is 2.33. The lowest BCUT2D eigenvalue weighted by atomic mass is 9.86. The Balaban J connectivity index is 1.51. The van der Waals surface area contributed by atoms with E-state index in [0.29, 0.717) is 29.2 Å². The van der Waals surface area contributed by atoms with Crippen LogP contribution in [0, 0.1) is 6.92 Å². The van der Waals surface area contributed by atoms with E-state index in [1.165, 1.54) is 41.6 Å². The molecule has 33 heavy (non-hydrogen) atoms. The number of benzene rings is 1. The standard InChI is InChI=1S/C26H33N5O2/c1-4-31-10-7-18(8-11-31)21-6-5-19(13-17(21)2)22-14-23-24(26(32)30(3)16-27-23)25(29-22)28-20-9-12-33-15-20/h5-6,13-14,16,18,20H,4,7-12,15H2,1-3H3,(H,28,29). The number of hydrogen-bond acceptors (Lipinski definition) is 6. The fourth-order valence-corrected chi connectivity index (χ4v) is 5.17. The van der Waals surface area contributed by atoms with Crippen molar-refractivity contribution >= 4 is 16.7 Å². The van der Waals surface area contributed by atoms with Crippen LogP contribution in [-0.4, -0.2) is 58.3 Å². The molecule has 1 unspecified atom stereocenters. The van der Waals surface area contributed by atoms with E-state index in [-0.39, 0.29) is 11.6 Å². The number of aryl methyl sites for hydroxylation is 2. The molecule has 5 rings (SSSR count). The molecule has 0 amide bonds. The number of fused-ring (bicyclic) bond motifs is 1. The summed E-state index contributed by atoms with van der Waals surface area (Å²) in [5.41, 5.74) is 5.21. The third-order valence-electron chi connectivity index (χ3n) is 7.21. The number of pyridine rings is 1. The molecule has 2 aromatic heterocycles. The molecule has 174 valence electrons. The number of rotatable bonds is 5. The summed E-state index contributed by atoms with van der Waals surface area (Å²) < 4.78 is 7.02. The molecule has 7 heteroatoms. The predicted octanol–water partition coefficient (Wildman–Crippen LogP) is 3.70. The maximum absolute atomic E-state index is 12.9. The van der Waals surface area contributed by atoms with Gasteiger partial charge in [-0.1, -0.05) is 19.1 Å². The molecule has 2 fully saturated rings. The molecule has 2 aliphatic rings. The number of nitrogens with zero attached hydrogens (tertiary/aromatic N) is 4. The maximum atomic E-state index is 12.9. The Morgan fingerprint density at radius 2 is 2.00 bits per heavy atom. The molecule has 3 aromatic rings. The zero-order chi connectivity index (χ0) is 22.9. The number of piperidine rings is 1. The van der Waals surface area contributed by atoms with Crippen molar-refractivity contribution < 1.29 is 4.74 Å². The molecule has 0 radical (unpaired) electrons. The van der Waals surface area contributed by atoms with Crippen LogP contribution in [0.1, 0.15) is 43.2 Å². The SMILES string of the molecule is CCN1CCC(c2ccc(-c3cc4ncn(C)c(=O)c4c(NC4CCOC4)n3)cc2C)CC1. The van der Waals surface area contributed by atoms with Crippen LogP contribution in [0.15, 0.2) is 35.4 Å². The summed E-state index contributed by atoms with van der Waals surface area (Å²) in [6.45, 7) is 9.28. The average Bonchev–Trinajstić information content (AvgIpc) is 3.34. The van der Waals surface area contributed by atoms with Gasteiger partial charge < -0.3 is 19.5 Å². The van der Waals surface area contributed by atoms with Gasteiger partial charge >= 0.3 is 0 Å². The van der Waals surface area contributed by atoms with Crippen LogP contribution in [0.25, 0.3) is 22.2 Å². The van der Waals surface area contributed by atoms with Gasteiger partial charge in [0.15, 0.2) is 0 Å². The topological polar surface area (TPSA) is 72.3 Å². The second-order valence-electron chi connectivity index (χ2n) is 9.40. The van der Waals surface area contributed by atoms with Crippen LogP contribution in [0.5, 0.6) is 0 Å². The monoisotopic (exact) mass is 447 g/mol. The Kier molecular flexibility index (Phi) is 6.17. The van der Waals surface area contributed by atoms with Crippen LogP contribution in [-0.2, 0) is 11.8 Å². The second kappa shape index (κ2) is 9.23. The van der Waals surface area contributed by atoms with Gasteiger partial charge in [0, 0.05) is 19.2 Å². The summed E-state index contributed by atoms with van der Waals surface area (Å²) >= 11 is 0. The van der Waals surface area contributed by atoms with Crippen LogP contribution >= 0.6 is 0 Å². The van der Waals surface area contributed by atoms with Crippen molar-refractivity contribution in [1.82, 2.24) is 19.4 Å². The minimum atomic E-state index is -0.0922. The Hall–Kier alpha value is -2.77. The number of anilines is 1. The number of aromatic nitrogens is 3. The van der Waals surface area contributed by atoms with Gasteiger partial charge in [0.25, 0.3) is 5.56 Å². The van der Waals surface area contributed by atoms with Crippen molar-refractivity contribution in [3.8, 4) is 11.3 Å². The van der Waals surface area contributed by atoms with Gasteiger partial charge in [-0.15, -0.1) is 0 Å². The molecule has 0 aliphatic carbocycles. The van der Waals surface area contributed by atoms with Gasteiger partial charge in [-0.2, -0.15) is 0 Å². The van der Waals surface area contributed by atoms with Crippen LogP contribution in [0.3, 0.4) is 0 Å². The lowest BCUT2D eigenvalue weighted by molar-refractivity contribution is 0.195. The number of ether oxygens (including phenoxy) is 1. The molecule has 1 N–H and O–H groups in total. The van der Waals surface area contributed by atoms with Crippen molar-refractivity contribution in [3.05, 3.63) is 52.1 Å². The third kappa shape index (κ3) is 4.39. The van der Waals surface area contributed by atoms with Crippen molar-refractivity contribution in [2.45, 2.75) is 45.1 Å². The van der Waals surface area contributed by atoms with E-state index in [0.717, 1.165) is 30.8 Å². The molecule has 0 saturated carbocycles. The van der Waals surface area contributed by atoms with Gasteiger partial charge in [0.2, 0.25) is 0 Å². The highest BCUT2D eigenvalue weighted by atomic mass is 16.5. The zero-order valence-corrected chi connectivity index (χ0v) is 19.8. The minimum Gasteiger partial charge on any atom is -0.379 e. The first-order valence-corrected chi connectivity index (χ1v) is 12.1. The van der Waals surface area contributed by atoms with E-state index < -0.39 is 0 Å². The minimum absolute atomic E-state index is 0.0922. The number of nitrogens with one attached hydrogen (secondary N) is 1. The highest BCUT2D eigenvalue weighted by Gasteiger charge is 2.22. The van der Waals surface area contributed by atoms with E-state index >= 15 is 0 Å². The lowest BCUT2D eigenvalue weighted by Crippen LogP contribution is -2.32. The Bertz CT molecular complexity index is 1210. The van der Waals surface area contributed by atoms with Crippen molar-refractivity contribution in [2.24, 2.45) is 7.05 Å². The zero-order valence-electron chi connectivity index (χ0n) is 19.8. The van der Waals surface area contributed by atoms with Gasteiger partial charge in [0.1, 0.15) is 11.2 Å². The fourth-order valence-electron chi connectivity index (χ4n) is 5.17. The van der Waals surface area contributed by atoms with Gasteiger partial charge in [-0.25, -0.2) is 9.97 Å². The van der Waals surface area contributed by atoms with Gasteiger partial charge in [0.05, 0.1) is 30.2 Å². The molecule has 2 aliphatic heterocycles. The van der Waals surface area contributed by atoms with E-state index in [4.69, 9.17) is 9.72 Å². The smallest absolute Gasteiger partial charge is 0.264 e. The van der Waals surface area contributed by atoms with E-state index in [1.807, 2.05) is 6.07 Å². The van der Waals surface area contributed by atoms with Gasteiger partial charge in [-0.3, -0.25) is 4.79 Å². The van der Waals surface area contributed by atoms with Crippen LogP contribution in [0.4, 0.5) is 5.82 Å². The van der Waals surface area contributed by atoms with E-state index in [1.54, 1.807) is 13.4 Å². The summed E-state index contributed by atoms with van der Waals surface area (Å²) in [7, 11) is 1.72. The predicted molar refractivity (Wildman–Crippen MR) is 132 cm³/mol. The molecular weight excluding hydrogens is 414 g/mol. The van der Waals surface area contributed by atoms with Crippen LogP contribution in [0.2, 0.25) is 0 Å². The Morgan fingerprint density at radius 3 is 2.70 bits per heavy atom. The summed E-state index contributed by atoms with van der Waals surface area (Å²) in [6, 6.07) is 8.77. The summed E-state index contributed by atoms with van der Waals surface area (Å²) in [6.07, 6.45) is 4.91. The molecule has 4 heterocycles. The molecule has 0 bridgehead atoms. The third-order valence-corrected chi connectivity index (χ3v) is 7.21. The lowest BCUT2D eigenvalue weighted by Gasteiger charge is -2.32. The highest BCUT2D eigenvalue weighted by molar-refractivity contribution is 5.91. The summed E-state index contributed by atoms with van der Waals surface area (Å²) in [4.78, 5) is 24.9. The molecule has 1 aromatic carbocycles. The fraction of sp³-hybridized carbons (Fsp3) is 0.500. The number of hydrogen-bond donors (Lipinski definition) is 1. The molecule has 2 saturated heterocycles. The van der Waals surface area contributed by atoms with Crippen LogP contribution < -0.4 is 10.9 Å². The summed E-state index contributed by atoms with van der Waals surface area (Å²) in [5, 5.41) is 3.99. The molecule has 1 atom stereocenters.